The van der Waals surface area contributed by atoms with Gasteiger partial charge in [-0.2, -0.15) is 12.6 Å². The zero-order valence-electron chi connectivity index (χ0n) is 10.5. The van der Waals surface area contributed by atoms with Crippen molar-refractivity contribution in [3.8, 4) is 0 Å². The van der Waals surface area contributed by atoms with Crippen molar-refractivity contribution in [1.29, 1.82) is 0 Å². The topological polar surface area (TPSA) is 25.4 Å². The monoisotopic (exact) mass is 272 g/mol. The number of morpholine rings is 1. The van der Waals surface area contributed by atoms with Crippen molar-refractivity contribution >= 4 is 24.0 Å². The second kappa shape index (κ2) is 6.18. The lowest BCUT2D eigenvalue weighted by atomic mass is 10.1. The Morgan fingerprint density at radius 2 is 2.12 bits per heavy atom. The molecule has 1 aromatic heterocycles. The van der Waals surface area contributed by atoms with E-state index in [1.54, 1.807) is 0 Å². The van der Waals surface area contributed by atoms with E-state index in [2.05, 4.69) is 31.4 Å². The van der Waals surface area contributed by atoms with Crippen LogP contribution in [0.3, 0.4) is 0 Å². The Morgan fingerprint density at radius 1 is 1.41 bits per heavy atom. The molecule has 17 heavy (non-hydrogen) atoms. The molecule has 0 aliphatic carbocycles. The molecule has 2 rings (SSSR count). The van der Waals surface area contributed by atoms with Gasteiger partial charge in [0.2, 0.25) is 0 Å². The van der Waals surface area contributed by atoms with Crippen LogP contribution < -0.4 is 0 Å². The van der Waals surface area contributed by atoms with Gasteiger partial charge < -0.3 is 4.74 Å². The number of thiazole rings is 1. The standard InChI is InChI=1S/C12H20N2OS2/c1-9(2)12-10(8-16)17-11(13-12)7-14-3-5-15-6-4-14/h9,16H,3-8H2,1-2H3. The average molecular weight is 272 g/mol. The van der Waals surface area contributed by atoms with Gasteiger partial charge in [0.1, 0.15) is 5.01 Å². The fraction of sp³-hybridized carbons (Fsp3) is 0.750. The normalized spacial score (nSPS) is 17.9. The first-order chi connectivity index (χ1) is 8.20. The number of rotatable bonds is 4. The fourth-order valence-corrected chi connectivity index (χ4v) is 3.48. The first-order valence-corrected chi connectivity index (χ1v) is 7.55. The maximum atomic E-state index is 5.35. The molecule has 96 valence electrons. The number of thiol groups is 1. The SMILES string of the molecule is CC(C)c1nc(CN2CCOCC2)sc1CS. The van der Waals surface area contributed by atoms with Crippen LogP contribution in [0, 0.1) is 0 Å². The Labute approximate surface area is 113 Å². The van der Waals surface area contributed by atoms with E-state index in [0.717, 1.165) is 38.6 Å². The van der Waals surface area contributed by atoms with Gasteiger partial charge in [-0.15, -0.1) is 11.3 Å². The summed E-state index contributed by atoms with van der Waals surface area (Å²) < 4.78 is 5.35. The molecule has 0 radical (unpaired) electrons. The average Bonchev–Trinajstić information content (AvgIpc) is 2.73. The maximum absolute atomic E-state index is 5.35. The Kier molecular flexibility index (Phi) is 4.85. The summed E-state index contributed by atoms with van der Waals surface area (Å²) in [7, 11) is 0. The van der Waals surface area contributed by atoms with Crippen LogP contribution >= 0.6 is 24.0 Å². The van der Waals surface area contributed by atoms with E-state index in [1.165, 1.54) is 15.6 Å². The highest BCUT2D eigenvalue weighted by Crippen LogP contribution is 2.27. The van der Waals surface area contributed by atoms with Crippen LogP contribution in [0.5, 0.6) is 0 Å². The van der Waals surface area contributed by atoms with Crippen LogP contribution in [0.4, 0.5) is 0 Å². The van der Waals surface area contributed by atoms with Gasteiger partial charge in [0.15, 0.2) is 0 Å². The molecule has 1 fully saturated rings. The van der Waals surface area contributed by atoms with E-state index in [0.29, 0.717) is 5.92 Å². The van der Waals surface area contributed by atoms with Crippen molar-refractivity contribution in [1.82, 2.24) is 9.88 Å². The molecule has 3 nitrogen and oxygen atoms in total. The molecule has 0 spiro atoms. The van der Waals surface area contributed by atoms with Crippen molar-refractivity contribution in [3.05, 3.63) is 15.6 Å². The third kappa shape index (κ3) is 3.44. The summed E-state index contributed by atoms with van der Waals surface area (Å²) in [6.45, 7) is 9.09. The number of nitrogens with zero attached hydrogens (tertiary/aromatic N) is 2. The minimum Gasteiger partial charge on any atom is -0.379 e. The zero-order valence-corrected chi connectivity index (χ0v) is 12.2. The molecule has 1 aliphatic heterocycles. The third-order valence-corrected chi connectivity index (χ3v) is 4.51. The van der Waals surface area contributed by atoms with Crippen LogP contribution in [-0.2, 0) is 17.0 Å². The lowest BCUT2D eigenvalue weighted by molar-refractivity contribution is 0.0341. The Hall–Kier alpha value is -0.100. The van der Waals surface area contributed by atoms with E-state index < -0.39 is 0 Å². The molecule has 0 amide bonds. The molecular formula is C12H20N2OS2. The molecule has 1 saturated heterocycles. The lowest BCUT2D eigenvalue weighted by Gasteiger charge is -2.25. The number of ether oxygens (including phenoxy) is 1. The molecule has 1 aromatic rings. The van der Waals surface area contributed by atoms with Gasteiger partial charge in [-0.1, -0.05) is 13.8 Å². The molecule has 0 aromatic carbocycles. The zero-order chi connectivity index (χ0) is 12.3. The van der Waals surface area contributed by atoms with E-state index in [1.807, 2.05) is 11.3 Å². The molecule has 0 saturated carbocycles. The smallest absolute Gasteiger partial charge is 0.107 e. The van der Waals surface area contributed by atoms with Crippen LogP contribution in [0.2, 0.25) is 0 Å². The van der Waals surface area contributed by atoms with Gasteiger partial charge in [0, 0.05) is 23.7 Å². The van der Waals surface area contributed by atoms with Crippen molar-refractivity contribution in [3.63, 3.8) is 0 Å². The van der Waals surface area contributed by atoms with E-state index in [4.69, 9.17) is 9.72 Å². The van der Waals surface area contributed by atoms with E-state index in [-0.39, 0.29) is 0 Å². The van der Waals surface area contributed by atoms with Crippen molar-refractivity contribution in [2.75, 3.05) is 26.3 Å². The highest BCUT2D eigenvalue weighted by atomic mass is 32.1. The molecule has 5 heteroatoms. The third-order valence-electron chi connectivity index (χ3n) is 2.92. The summed E-state index contributed by atoms with van der Waals surface area (Å²) in [5.41, 5.74) is 1.23. The highest BCUT2D eigenvalue weighted by Gasteiger charge is 2.16. The molecule has 1 aliphatic rings. The van der Waals surface area contributed by atoms with E-state index >= 15 is 0 Å². The number of aromatic nitrogens is 1. The van der Waals surface area contributed by atoms with Crippen LogP contribution in [0.15, 0.2) is 0 Å². The predicted molar refractivity (Wildman–Crippen MR) is 75.0 cm³/mol. The van der Waals surface area contributed by atoms with Crippen molar-refractivity contribution in [2.24, 2.45) is 0 Å². The minimum atomic E-state index is 0.492. The van der Waals surface area contributed by atoms with E-state index in [9.17, 15) is 0 Å². The summed E-state index contributed by atoms with van der Waals surface area (Å²) in [6, 6.07) is 0. The molecule has 0 atom stereocenters. The summed E-state index contributed by atoms with van der Waals surface area (Å²) >= 11 is 6.20. The summed E-state index contributed by atoms with van der Waals surface area (Å²) in [5.74, 6) is 1.29. The van der Waals surface area contributed by atoms with Crippen LogP contribution in [0.1, 0.15) is 35.3 Å². The van der Waals surface area contributed by atoms with Crippen LogP contribution in [-0.4, -0.2) is 36.2 Å². The molecule has 0 unspecified atom stereocenters. The summed E-state index contributed by atoms with van der Waals surface area (Å²) in [4.78, 5) is 8.50. The highest BCUT2D eigenvalue weighted by molar-refractivity contribution is 7.79. The van der Waals surface area contributed by atoms with Gasteiger partial charge in [-0.05, 0) is 5.92 Å². The van der Waals surface area contributed by atoms with Gasteiger partial charge in [0.25, 0.3) is 0 Å². The van der Waals surface area contributed by atoms with Crippen molar-refractivity contribution < 1.29 is 4.74 Å². The Bertz CT molecular complexity index is 359. The first-order valence-electron chi connectivity index (χ1n) is 6.10. The molecule has 2 heterocycles. The second-order valence-electron chi connectivity index (χ2n) is 4.62. The molecule has 0 N–H and O–H groups in total. The molecular weight excluding hydrogens is 252 g/mol. The fourth-order valence-electron chi connectivity index (χ4n) is 2.00. The predicted octanol–water partition coefficient (Wildman–Crippen LogP) is 2.53. The van der Waals surface area contributed by atoms with Crippen LogP contribution in [0.25, 0.3) is 0 Å². The molecule has 0 bridgehead atoms. The quantitative estimate of drug-likeness (QED) is 0.853. The largest absolute Gasteiger partial charge is 0.379 e. The summed E-state index contributed by atoms with van der Waals surface area (Å²) in [6.07, 6.45) is 0. The Morgan fingerprint density at radius 3 is 2.65 bits per heavy atom. The maximum Gasteiger partial charge on any atom is 0.107 e. The Balaban J connectivity index is 2.05. The number of hydrogen-bond acceptors (Lipinski definition) is 5. The van der Waals surface area contributed by atoms with Crippen molar-refractivity contribution in [2.45, 2.75) is 32.1 Å². The van der Waals surface area contributed by atoms with Gasteiger partial charge in [-0.3, -0.25) is 4.90 Å². The minimum absolute atomic E-state index is 0.492. The first kappa shape index (κ1) is 13.3. The lowest BCUT2D eigenvalue weighted by Crippen LogP contribution is -2.35. The van der Waals surface area contributed by atoms with Gasteiger partial charge in [0.05, 0.1) is 25.5 Å². The summed E-state index contributed by atoms with van der Waals surface area (Å²) in [5, 5.41) is 1.22. The van der Waals surface area contributed by atoms with Gasteiger partial charge in [-0.25, -0.2) is 4.98 Å². The second-order valence-corrected chi connectivity index (χ2v) is 6.10. The van der Waals surface area contributed by atoms with Gasteiger partial charge >= 0.3 is 0 Å². The number of hydrogen-bond donors (Lipinski definition) is 1.